The van der Waals surface area contributed by atoms with Crippen molar-refractivity contribution in [3.63, 3.8) is 0 Å². The van der Waals surface area contributed by atoms with E-state index in [2.05, 4.69) is 10.0 Å². The summed E-state index contributed by atoms with van der Waals surface area (Å²) in [6, 6.07) is 3.23. The molecular weight excluding hydrogens is 304 g/mol. The first-order chi connectivity index (χ1) is 10.3. The molecule has 1 aromatic carbocycles. The Morgan fingerprint density at radius 3 is 2.64 bits per heavy atom. The fourth-order valence-electron chi connectivity index (χ4n) is 2.48. The van der Waals surface area contributed by atoms with Gasteiger partial charge >= 0.3 is 0 Å². The van der Waals surface area contributed by atoms with E-state index in [1.807, 2.05) is 13.8 Å². The largest absolute Gasteiger partial charge is 0.494 e. The molecule has 1 aliphatic heterocycles. The summed E-state index contributed by atoms with van der Waals surface area (Å²) in [5.74, 6) is 0.666. The maximum absolute atomic E-state index is 12.4. The van der Waals surface area contributed by atoms with E-state index in [-0.39, 0.29) is 23.4 Å². The minimum Gasteiger partial charge on any atom is -0.494 e. The van der Waals surface area contributed by atoms with Gasteiger partial charge in [0.05, 0.1) is 11.5 Å². The molecule has 2 N–H and O–H groups in total. The molecule has 1 atom stereocenters. The molecule has 1 amide bonds. The van der Waals surface area contributed by atoms with Gasteiger partial charge in [0, 0.05) is 19.0 Å². The van der Waals surface area contributed by atoms with Gasteiger partial charge in [-0.25, -0.2) is 13.1 Å². The summed E-state index contributed by atoms with van der Waals surface area (Å²) >= 11 is 0. The summed E-state index contributed by atoms with van der Waals surface area (Å²) in [6.07, 6.45) is 1.11. The van der Waals surface area contributed by atoms with Crippen molar-refractivity contribution in [2.45, 2.75) is 44.6 Å². The molecule has 0 radical (unpaired) electrons. The molecule has 0 spiro atoms. The third-order valence-corrected chi connectivity index (χ3v) is 5.23. The third kappa shape index (κ3) is 3.78. The van der Waals surface area contributed by atoms with Crippen molar-refractivity contribution in [1.29, 1.82) is 0 Å². The number of aryl methyl sites for hydroxylation is 2. The minimum absolute atomic E-state index is 0.0303. The van der Waals surface area contributed by atoms with Crippen molar-refractivity contribution in [2.75, 3.05) is 13.2 Å². The first kappa shape index (κ1) is 16.8. The highest BCUT2D eigenvalue weighted by molar-refractivity contribution is 7.89. The van der Waals surface area contributed by atoms with Gasteiger partial charge < -0.3 is 10.1 Å². The maximum Gasteiger partial charge on any atom is 0.240 e. The summed E-state index contributed by atoms with van der Waals surface area (Å²) in [7, 11) is -3.61. The molecule has 1 fully saturated rings. The fraction of sp³-hybridized carbons (Fsp3) is 0.533. The second kappa shape index (κ2) is 6.66. The lowest BCUT2D eigenvalue weighted by atomic mass is 10.1. The first-order valence-electron chi connectivity index (χ1n) is 7.36. The first-order valence-corrected chi connectivity index (χ1v) is 8.85. The molecular formula is C15H22N2O4S. The zero-order valence-corrected chi connectivity index (χ0v) is 13.9. The van der Waals surface area contributed by atoms with E-state index in [1.54, 1.807) is 19.1 Å². The summed E-state index contributed by atoms with van der Waals surface area (Å²) in [5.41, 5.74) is 1.42. The van der Waals surface area contributed by atoms with Gasteiger partial charge in [-0.15, -0.1) is 0 Å². The van der Waals surface area contributed by atoms with Crippen molar-refractivity contribution < 1.29 is 17.9 Å². The Labute approximate surface area is 131 Å². The van der Waals surface area contributed by atoms with Gasteiger partial charge in [0.2, 0.25) is 15.9 Å². The summed E-state index contributed by atoms with van der Waals surface area (Å²) < 4.78 is 32.9. The van der Waals surface area contributed by atoms with Crippen LogP contribution < -0.4 is 14.8 Å². The van der Waals surface area contributed by atoms with Crippen LogP contribution in [0.4, 0.5) is 0 Å². The SMILES string of the molecule is CCOc1cc(C)c(S(=O)(=O)NCC2CCC(=O)N2)cc1C. The van der Waals surface area contributed by atoms with Crippen LogP contribution in [0, 0.1) is 13.8 Å². The molecule has 1 aromatic rings. The van der Waals surface area contributed by atoms with Gasteiger partial charge in [-0.05, 0) is 50.5 Å². The minimum atomic E-state index is -3.61. The van der Waals surface area contributed by atoms with Crippen LogP contribution >= 0.6 is 0 Å². The van der Waals surface area contributed by atoms with Crippen LogP contribution in [-0.4, -0.2) is 33.5 Å². The number of amides is 1. The Bertz CT molecular complexity index is 670. The van der Waals surface area contributed by atoms with E-state index >= 15 is 0 Å². The summed E-state index contributed by atoms with van der Waals surface area (Å²) in [4.78, 5) is 11.4. The lowest BCUT2D eigenvalue weighted by molar-refractivity contribution is -0.119. The number of carbonyl (C=O) groups excluding carboxylic acids is 1. The molecule has 0 bridgehead atoms. The monoisotopic (exact) mass is 326 g/mol. The van der Waals surface area contributed by atoms with E-state index < -0.39 is 10.0 Å². The lowest BCUT2D eigenvalue weighted by Gasteiger charge is -2.15. The number of hydrogen-bond acceptors (Lipinski definition) is 4. The number of ether oxygens (including phenoxy) is 1. The fourth-order valence-corrected chi connectivity index (χ4v) is 3.87. The highest BCUT2D eigenvalue weighted by atomic mass is 32.2. The van der Waals surface area contributed by atoms with E-state index in [4.69, 9.17) is 4.74 Å². The number of carbonyl (C=O) groups is 1. The van der Waals surface area contributed by atoms with Gasteiger partial charge in [-0.2, -0.15) is 0 Å². The van der Waals surface area contributed by atoms with Gasteiger partial charge in [0.25, 0.3) is 0 Å². The second-order valence-electron chi connectivity index (χ2n) is 5.47. The van der Waals surface area contributed by atoms with Crippen molar-refractivity contribution in [3.05, 3.63) is 23.3 Å². The zero-order chi connectivity index (χ0) is 16.3. The molecule has 22 heavy (non-hydrogen) atoms. The number of hydrogen-bond donors (Lipinski definition) is 2. The maximum atomic E-state index is 12.4. The Kier molecular flexibility index (Phi) is 5.08. The van der Waals surface area contributed by atoms with Crippen LogP contribution in [-0.2, 0) is 14.8 Å². The second-order valence-corrected chi connectivity index (χ2v) is 7.21. The van der Waals surface area contributed by atoms with Crippen molar-refractivity contribution in [2.24, 2.45) is 0 Å². The molecule has 0 saturated carbocycles. The molecule has 0 aliphatic carbocycles. The summed E-state index contributed by atoms with van der Waals surface area (Å²) in [6.45, 7) is 6.19. The van der Waals surface area contributed by atoms with Crippen LogP contribution in [0.2, 0.25) is 0 Å². The quantitative estimate of drug-likeness (QED) is 0.824. The van der Waals surface area contributed by atoms with Gasteiger partial charge in [-0.3, -0.25) is 4.79 Å². The third-order valence-electron chi connectivity index (χ3n) is 3.67. The van der Waals surface area contributed by atoms with Crippen LogP contribution in [0.25, 0.3) is 0 Å². The van der Waals surface area contributed by atoms with E-state index in [9.17, 15) is 13.2 Å². The number of sulfonamides is 1. The normalized spacial score (nSPS) is 18.3. The standard InChI is InChI=1S/C15H22N2O4S/c1-4-21-13-7-11(3)14(8-10(13)2)22(19,20)16-9-12-5-6-15(18)17-12/h7-8,12,16H,4-6,9H2,1-3H3,(H,17,18). The van der Waals surface area contributed by atoms with Gasteiger partial charge in [0.15, 0.2) is 0 Å². The molecule has 1 unspecified atom stereocenters. The van der Waals surface area contributed by atoms with Crippen LogP contribution in [0.5, 0.6) is 5.75 Å². The smallest absolute Gasteiger partial charge is 0.240 e. The van der Waals surface area contributed by atoms with Crippen LogP contribution in [0.15, 0.2) is 17.0 Å². The van der Waals surface area contributed by atoms with E-state index in [0.717, 1.165) is 5.56 Å². The van der Waals surface area contributed by atoms with Crippen molar-refractivity contribution in [3.8, 4) is 5.75 Å². The van der Waals surface area contributed by atoms with Gasteiger partial charge in [-0.1, -0.05) is 0 Å². The van der Waals surface area contributed by atoms with Gasteiger partial charge in [0.1, 0.15) is 5.75 Å². The molecule has 2 rings (SSSR count). The van der Waals surface area contributed by atoms with E-state index in [0.29, 0.717) is 30.8 Å². The molecule has 6 nitrogen and oxygen atoms in total. The lowest BCUT2D eigenvalue weighted by Crippen LogP contribution is -2.38. The summed E-state index contributed by atoms with van der Waals surface area (Å²) in [5, 5.41) is 2.74. The topological polar surface area (TPSA) is 84.5 Å². The zero-order valence-electron chi connectivity index (χ0n) is 13.1. The number of rotatable bonds is 6. The average molecular weight is 326 g/mol. The Balaban J connectivity index is 2.15. The van der Waals surface area contributed by atoms with Crippen LogP contribution in [0.1, 0.15) is 30.9 Å². The Morgan fingerprint density at radius 2 is 2.05 bits per heavy atom. The number of nitrogens with one attached hydrogen (secondary N) is 2. The Hall–Kier alpha value is -1.60. The van der Waals surface area contributed by atoms with Crippen LogP contribution in [0.3, 0.4) is 0 Å². The molecule has 1 saturated heterocycles. The highest BCUT2D eigenvalue weighted by Crippen LogP contribution is 2.25. The average Bonchev–Trinajstić information content (AvgIpc) is 2.86. The molecule has 7 heteroatoms. The van der Waals surface area contributed by atoms with Crippen molar-refractivity contribution >= 4 is 15.9 Å². The molecule has 0 aromatic heterocycles. The predicted octanol–water partition coefficient (Wildman–Crippen LogP) is 1.26. The molecule has 1 heterocycles. The predicted molar refractivity (Wildman–Crippen MR) is 83.4 cm³/mol. The number of benzene rings is 1. The molecule has 1 aliphatic rings. The highest BCUT2D eigenvalue weighted by Gasteiger charge is 2.24. The van der Waals surface area contributed by atoms with E-state index in [1.165, 1.54) is 0 Å². The van der Waals surface area contributed by atoms with Crippen molar-refractivity contribution in [1.82, 2.24) is 10.0 Å². The Morgan fingerprint density at radius 1 is 1.32 bits per heavy atom. The molecule has 122 valence electrons.